The number of nitrogens with zero attached hydrogens (tertiary/aromatic N) is 3. The summed E-state index contributed by atoms with van der Waals surface area (Å²) in [6.45, 7) is 7.74. The second-order valence-corrected chi connectivity index (χ2v) is 9.56. The molecule has 1 aromatic heterocycles. The highest BCUT2D eigenvalue weighted by Crippen LogP contribution is 2.23. The Bertz CT molecular complexity index is 1090. The van der Waals surface area contributed by atoms with E-state index < -0.39 is 10.0 Å². The van der Waals surface area contributed by atoms with Crippen molar-refractivity contribution in [3.05, 3.63) is 59.4 Å². The van der Waals surface area contributed by atoms with Crippen molar-refractivity contribution >= 4 is 21.1 Å². The van der Waals surface area contributed by atoms with Crippen LogP contribution in [0, 0.1) is 0 Å². The van der Waals surface area contributed by atoms with Crippen LogP contribution in [0.4, 0.5) is 0 Å². The van der Waals surface area contributed by atoms with Gasteiger partial charge in [-0.25, -0.2) is 17.7 Å². The third-order valence-corrected chi connectivity index (χ3v) is 7.16. The van der Waals surface area contributed by atoms with Crippen molar-refractivity contribution < 1.29 is 8.42 Å². The molecule has 0 aliphatic heterocycles. The van der Waals surface area contributed by atoms with E-state index in [1.165, 1.54) is 29.5 Å². The second kappa shape index (κ2) is 8.65. The number of imidazole rings is 1. The molecule has 1 N–H and O–H groups in total. The van der Waals surface area contributed by atoms with Crippen molar-refractivity contribution in [3.63, 3.8) is 0 Å². The molecule has 1 heterocycles. The van der Waals surface area contributed by atoms with Crippen molar-refractivity contribution in [3.8, 4) is 0 Å². The Morgan fingerprint density at radius 3 is 2.38 bits per heavy atom. The van der Waals surface area contributed by atoms with E-state index in [1.807, 2.05) is 6.07 Å². The zero-order valence-electron chi connectivity index (χ0n) is 17.8. The van der Waals surface area contributed by atoms with Crippen LogP contribution in [0.1, 0.15) is 43.8 Å². The monoisotopic (exact) mass is 414 g/mol. The quantitative estimate of drug-likeness (QED) is 0.610. The lowest BCUT2D eigenvalue weighted by atomic mass is 10.1. The van der Waals surface area contributed by atoms with Crippen molar-refractivity contribution in [2.24, 2.45) is 0 Å². The highest BCUT2D eigenvalue weighted by Gasteiger charge is 2.19. The number of aromatic nitrogens is 2. The van der Waals surface area contributed by atoms with E-state index in [0.717, 1.165) is 24.3 Å². The van der Waals surface area contributed by atoms with E-state index in [0.29, 0.717) is 12.1 Å². The van der Waals surface area contributed by atoms with Crippen LogP contribution in [0.5, 0.6) is 0 Å². The molecule has 29 heavy (non-hydrogen) atoms. The van der Waals surface area contributed by atoms with Gasteiger partial charge in [0, 0.05) is 26.7 Å². The van der Waals surface area contributed by atoms with Crippen molar-refractivity contribution in [2.75, 3.05) is 14.1 Å². The Labute approximate surface area is 173 Å². The highest BCUT2D eigenvalue weighted by molar-refractivity contribution is 7.89. The van der Waals surface area contributed by atoms with E-state index >= 15 is 0 Å². The molecule has 3 aromatic rings. The SMILES string of the molecule is CCc1ccc(C(C)NCc2nc3cc(S(=O)(=O)N(C)C)ccc3n2CC)cc1. The minimum absolute atomic E-state index is 0.190. The summed E-state index contributed by atoms with van der Waals surface area (Å²) in [5, 5.41) is 3.54. The average Bonchev–Trinajstić information content (AvgIpc) is 3.08. The molecule has 0 fully saturated rings. The summed E-state index contributed by atoms with van der Waals surface area (Å²) < 4.78 is 28.2. The van der Waals surface area contributed by atoms with Crippen molar-refractivity contribution in [1.82, 2.24) is 19.2 Å². The lowest BCUT2D eigenvalue weighted by Crippen LogP contribution is -2.22. The average molecular weight is 415 g/mol. The van der Waals surface area contributed by atoms with Gasteiger partial charge in [0.1, 0.15) is 5.82 Å². The molecule has 0 amide bonds. The molecule has 1 unspecified atom stereocenters. The second-order valence-electron chi connectivity index (χ2n) is 7.41. The molecule has 3 rings (SSSR count). The van der Waals surface area contributed by atoms with Crippen molar-refractivity contribution in [1.29, 1.82) is 0 Å². The number of aryl methyl sites for hydroxylation is 2. The fraction of sp³-hybridized carbons (Fsp3) is 0.409. The Morgan fingerprint density at radius 1 is 1.10 bits per heavy atom. The molecule has 0 saturated carbocycles. The van der Waals surface area contributed by atoms with Crippen LogP contribution in [0.15, 0.2) is 47.4 Å². The predicted molar refractivity (Wildman–Crippen MR) is 117 cm³/mol. The minimum atomic E-state index is -3.48. The van der Waals surface area contributed by atoms with Gasteiger partial charge in [-0.2, -0.15) is 0 Å². The summed E-state index contributed by atoms with van der Waals surface area (Å²) in [5.41, 5.74) is 4.21. The number of nitrogens with one attached hydrogen (secondary N) is 1. The summed E-state index contributed by atoms with van der Waals surface area (Å²) in [7, 11) is -0.406. The third-order valence-electron chi connectivity index (χ3n) is 5.35. The van der Waals surface area contributed by atoms with Gasteiger partial charge in [-0.15, -0.1) is 0 Å². The Kier molecular flexibility index (Phi) is 6.41. The van der Waals surface area contributed by atoms with Gasteiger partial charge in [0.25, 0.3) is 0 Å². The maximum absolute atomic E-state index is 12.4. The Hall–Kier alpha value is -2.22. The molecule has 0 saturated heterocycles. The molecule has 2 aromatic carbocycles. The lowest BCUT2D eigenvalue weighted by Gasteiger charge is -2.15. The summed E-state index contributed by atoms with van der Waals surface area (Å²) in [6.07, 6.45) is 1.04. The van der Waals surface area contributed by atoms with E-state index in [4.69, 9.17) is 4.98 Å². The largest absolute Gasteiger partial charge is 0.327 e. The zero-order valence-corrected chi connectivity index (χ0v) is 18.6. The summed E-state index contributed by atoms with van der Waals surface area (Å²) in [4.78, 5) is 4.99. The number of hydrogen-bond donors (Lipinski definition) is 1. The summed E-state index contributed by atoms with van der Waals surface area (Å²) >= 11 is 0. The van der Waals surface area contributed by atoms with Crippen LogP contribution in [0.2, 0.25) is 0 Å². The lowest BCUT2D eigenvalue weighted by molar-refractivity contribution is 0.521. The first kappa shape index (κ1) is 21.5. The minimum Gasteiger partial charge on any atom is -0.327 e. The van der Waals surface area contributed by atoms with Gasteiger partial charge in [-0.1, -0.05) is 31.2 Å². The fourth-order valence-electron chi connectivity index (χ4n) is 3.42. The molecule has 7 heteroatoms. The van der Waals surface area contributed by atoms with Crippen LogP contribution in [-0.4, -0.2) is 36.4 Å². The van der Waals surface area contributed by atoms with E-state index in [9.17, 15) is 8.42 Å². The Balaban J connectivity index is 1.84. The van der Waals surface area contributed by atoms with Crippen LogP contribution < -0.4 is 5.32 Å². The van der Waals surface area contributed by atoms with Crippen molar-refractivity contribution in [2.45, 2.75) is 51.2 Å². The van der Waals surface area contributed by atoms with Crippen LogP contribution in [0.3, 0.4) is 0 Å². The molecule has 0 spiro atoms. The maximum Gasteiger partial charge on any atom is 0.242 e. The molecular formula is C22H30N4O2S. The fourth-order valence-corrected chi connectivity index (χ4v) is 4.35. The third kappa shape index (κ3) is 4.37. The number of sulfonamides is 1. The number of fused-ring (bicyclic) bond motifs is 1. The van der Waals surface area contributed by atoms with E-state index in [1.54, 1.807) is 12.1 Å². The Morgan fingerprint density at radius 2 is 1.79 bits per heavy atom. The van der Waals surface area contributed by atoms with E-state index in [2.05, 4.69) is 54.9 Å². The zero-order chi connectivity index (χ0) is 21.2. The van der Waals surface area contributed by atoms with Gasteiger partial charge in [0.2, 0.25) is 10.0 Å². The molecule has 156 valence electrons. The van der Waals surface area contributed by atoms with Crippen LogP contribution >= 0.6 is 0 Å². The highest BCUT2D eigenvalue weighted by atomic mass is 32.2. The molecule has 0 aliphatic carbocycles. The topological polar surface area (TPSA) is 67.2 Å². The van der Waals surface area contributed by atoms with Gasteiger partial charge < -0.3 is 9.88 Å². The molecule has 6 nitrogen and oxygen atoms in total. The van der Waals surface area contributed by atoms with Crippen LogP contribution in [0.25, 0.3) is 11.0 Å². The first-order valence-electron chi connectivity index (χ1n) is 10.0. The van der Waals surface area contributed by atoms with E-state index in [-0.39, 0.29) is 10.9 Å². The first-order chi connectivity index (χ1) is 13.8. The van der Waals surface area contributed by atoms with Gasteiger partial charge in [-0.3, -0.25) is 0 Å². The molecule has 1 atom stereocenters. The van der Waals surface area contributed by atoms with Gasteiger partial charge in [0.05, 0.1) is 22.5 Å². The normalized spacial score (nSPS) is 13.3. The molecular weight excluding hydrogens is 384 g/mol. The van der Waals surface area contributed by atoms with Gasteiger partial charge in [-0.05, 0) is 49.6 Å². The maximum atomic E-state index is 12.4. The smallest absolute Gasteiger partial charge is 0.242 e. The van der Waals surface area contributed by atoms with Crippen LogP contribution in [-0.2, 0) is 29.5 Å². The number of rotatable bonds is 8. The summed E-state index contributed by atoms with van der Waals surface area (Å²) in [5.74, 6) is 0.902. The van der Waals surface area contributed by atoms with Gasteiger partial charge in [0.15, 0.2) is 0 Å². The number of hydrogen-bond acceptors (Lipinski definition) is 4. The molecule has 0 radical (unpaired) electrons. The molecule has 0 bridgehead atoms. The standard InChI is InChI=1S/C22H30N4O2S/c1-6-17-8-10-18(11-9-17)16(3)23-15-22-24-20-14-19(29(27,28)25(4)5)12-13-21(20)26(22)7-2/h8-14,16,23H,6-7,15H2,1-5H3. The van der Waals surface area contributed by atoms with Gasteiger partial charge >= 0.3 is 0 Å². The number of benzene rings is 2. The first-order valence-corrected chi connectivity index (χ1v) is 11.5. The molecule has 0 aliphatic rings. The predicted octanol–water partition coefficient (Wildman–Crippen LogP) is 3.72. The summed E-state index contributed by atoms with van der Waals surface area (Å²) in [6, 6.07) is 14.0.